The molecule has 162 valence electrons. The van der Waals surface area contributed by atoms with Crippen molar-refractivity contribution in [2.75, 3.05) is 44.1 Å². The van der Waals surface area contributed by atoms with Gasteiger partial charge < -0.3 is 20.1 Å². The van der Waals surface area contributed by atoms with Crippen LogP contribution < -0.4 is 15.9 Å². The first-order valence-electron chi connectivity index (χ1n) is 10.3. The predicted octanol–water partition coefficient (Wildman–Crippen LogP) is 5.28. The number of benzene rings is 1. The Labute approximate surface area is 188 Å². The highest BCUT2D eigenvalue weighted by molar-refractivity contribution is 7.70. The molecular weight excluding hydrogens is 429 g/mol. The molecule has 4 rings (SSSR count). The van der Waals surface area contributed by atoms with Gasteiger partial charge in [-0.05, 0) is 69.1 Å². The molecule has 0 spiro atoms. The van der Waals surface area contributed by atoms with E-state index >= 15 is 0 Å². The molecular formula is C23H27ClN5OP. The first kappa shape index (κ1) is 21.8. The molecule has 3 aromatic rings. The summed E-state index contributed by atoms with van der Waals surface area (Å²) in [6, 6.07) is 13.6. The number of likely N-dealkylation sites (N-methyl/N-ethyl adjacent to an activating group) is 1. The van der Waals surface area contributed by atoms with E-state index in [2.05, 4.69) is 44.7 Å². The normalized spacial score (nSPS) is 17.0. The maximum absolute atomic E-state index is 12.7. The fraction of sp³-hybridized carbons (Fsp3) is 0.304. The zero-order valence-electron chi connectivity index (χ0n) is 18.0. The number of rotatable bonds is 6. The van der Waals surface area contributed by atoms with Crippen LogP contribution >= 0.6 is 18.7 Å². The van der Waals surface area contributed by atoms with Crippen molar-refractivity contribution in [2.24, 2.45) is 0 Å². The van der Waals surface area contributed by atoms with E-state index in [1.165, 1.54) is 5.56 Å². The molecule has 2 N–H and O–H groups in total. The van der Waals surface area contributed by atoms with Crippen molar-refractivity contribution in [2.45, 2.75) is 12.3 Å². The first-order valence-corrected chi connectivity index (χ1v) is 13.3. The third kappa shape index (κ3) is 5.27. The lowest BCUT2D eigenvalue weighted by atomic mass is 9.99. The smallest absolute Gasteiger partial charge is 0.133 e. The topological polar surface area (TPSA) is 70.2 Å². The van der Waals surface area contributed by atoms with Crippen molar-refractivity contribution in [1.29, 1.82) is 0 Å². The minimum Gasteiger partial charge on any atom is -0.354 e. The molecule has 1 aliphatic rings. The number of hydrogen-bond donors (Lipinski definition) is 2. The Kier molecular flexibility index (Phi) is 6.33. The molecule has 1 atom stereocenters. The molecule has 0 amide bonds. The number of para-hydroxylation sites is 1. The molecule has 0 bridgehead atoms. The summed E-state index contributed by atoms with van der Waals surface area (Å²) in [5.74, 6) is 1.91. The molecule has 1 aliphatic heterocycles. The Hall–Kier alpha value is -2.40. The average molecular weight is 456 g/mol. The highest BCUT2D eigenvalue weighted by atomic mass is 35.5. The molecule has 31 heavy (non-hydrogen) atoms. The van der Waals surface area contributed by atoms with Crippen LogP contribution in [-0.2, 0) is 4.57 Å². The average Bonchev–Trinajstić information content (AvgIpc) is 3.17. The lowest BCUT2D eigenvalue weighted by Gasteiger charge is -2.16. The van der Waals surface area contributed by atoms with Gasteiger partial charge in [0.25, 0.3) is 0 Å². The van der Waals surface area contributed by atoms with Gasteiger partial charge in [0.05, 0.1) is 16.9 Å². The maximum atomic E-state index is 12.7. The lowest BCUT2D eigenvalue weighted by molar-refractivity contribution is 0.411. The van der Waals surface area contributed by atoms with E-state index in [-0.39, 0.29) is 0 Å². The van der Waals surface area contributed by atoms with E-state index in [0.29, 0.717) is 22.4 Å². The van der Waals surface area contributed by atoms with Crippen LogP contribution in [0.1, 0.15) is 17.9 Å². The number of likely N-dealkylation sites (tertiary alicyclic amines) is 1. The summed E-state index contributed by atoms with van der Waals surface area (Å²) >= 11 is 6.40. The van der Waals surface area contributed by atoms with Crippen molar-refractivity contribution in [3.05, 3.63) is 65.4 Å². The summed E-state index contributed by atoms with van der Waals surface area (Å²) in [7, 11) is -0.292. The molecule has 3 heterocycles. The second kappa shape index (κ2) is 8.99. The predicted molar refractivity (Wildman–Crippen MR) is 130 cm³/mol. The molecule has 0 saturated carbocycles. The van der Waals surface area contributed by atoms with Crippen LogP contribution in [0.3, 0.4) is 0 Å². The fourth-order valence-corrected chi connectivity index (χ4v) is 5.21. The van der Waals surface area contributed by atoms with Crippen LogP contribution in [0.25, 0.3) is 0 Å². The van der Waals surface area contributed by atoms with Crippen molar-refractivity contribution in [3.63, 3.8) is 0 Å². The van der Waals surface area contributed by atoms with Gasteiger partial charge in [-0.3, -0.25) is 0 Å². The Balaban J connectivity index is 1.56. The summed E-state index contributed by atoms with van der Waals surface area (Å²) in [4.78, 5) is 11.2. The Morgan fingerprint density at radius 1 is 1.06 bits per heavy atom. The van der Waals surface area contributed by atoms with Crippen LogP contribution in [0.5, 0.6) is 0 Å². The maximum Gasteiger partial charge on any atom is 0.133 e. The Morgan fingerprint density at radius 3 is 2.58 bits per heavy atom. The number of anilines is 4. The number of hydrogen-bond acceptors (Lipinski definition) is 6. The lowest BCUT2D eigenvalue weighted by Crippen LogP contribution is -2.13. The van der Waals surface area contributed by atoms with E-state index < -0.39 is 7.14 Å². The number of nitrogens with one attached hydrogen (secondary N) is 2. The van der Waals surface area contributed by atoms with E-state index in [1.54, 1.807) is 19.5 Å². The summed E-state index contributed by atoms with van der Waals surface area (Å²) < 4.78 is 12.7. The van der Waals surface area contributed by atoms with Crippen LogP contribution in [0.15, 0.2) is 54.9 Å². The zero-order valence-corrected chi connectivity index (χ0v) is 19.6. The number of aromatic nitrogens is 2. The number of nitrogens with zero attached hydrogens (tertiary/aromatic N) is 3. The summed E-state index contributed by atoms with van der Waals surface area (Å²) in [5, 5.41) is 7.88. The largest absolute Gasteiger partial charge is 0.354 e. The summed E-state index contributed by atoms with van der Waals surface area (Å²) in [6.45, 7) is 5.70. The monoisotopic (exact) mass is 455 g/mol. The second-order valence-electron chi connectivity index (χ2n) is 8.39. The van der Waals surface area contributed by atoms with Crippen molar-refractivity contribution >= 4 is 47.1 Å². The summed E-state index contributed by atoms with van der Waals surface area (Å²) in [6.07, 6.45) is 4.59. The minimum absolute atomic E-state index is 0.484. The number of pyridine rings is 2. The molecule has 8 heteroatoms. The van der Waals surface area contributed by atoms with Crippen molar-refractivity contribution in [3.8, 4) is 0 Å². The van der Waals surface area contributed by atoms with E-state index in [4.69, 9.17) is 11.6 Å². The van der Waals surface area contributed by atoms with Crippen LogP contribution in [0.2, 0.25) is 5.02 Å². The minimum atomic E-state index is -2.45. The Bertz CT molecular complexity index is 1130. The van der Waals surface area contributed by atoms with Gasteiger partial charge in [0.2, 0.25) is 0 Å². The SMILES string of the molecule is CN1CCC(c2ccnc(Nc3cc(Nc4ccccc4P(C)(C)=O)c(Cl)cn3)c2)C1. The van der Waals surface area contributed by atoms with Gasteiger partial charge in [0.1, 0.15) is 18.8 Å². The summed E-state index contributed by atoms with van der Waals surface area (Å²) in [5.41, 5.74) is 2.75. The third-order valence-electron chi connectivity index (χ3n) is 5.51. The fourth-order valence-electron chi connectivity index (χ4n) is 3.90. The van der Waals surface area contributed by atoms with Gasteiger partial charge in [-0.25, -0.2) is 9.97 Å². The van der Waals surface area contributed by atoms with Gasteiger partial charge in [-0.15, -0.1) is 0 Å². The van der Waals surface area contributed by atoms with Gasteiger partial charge in [-0.2, -0.15) is 0 Å². The van der Waals surface area contributed by atoms with Gasteiger partial charge in [-0.1, -0.05) is 23.7 Å². The molecule has 1 unspecified atom stereocenters. The van der Waals surface area contributed by atoms with Crippen LogP contribution in [0, 0.1) is 0 Å². The standard InChI is InChI=1S/C23H27ClN5OP/c1-29-11-9-17(15-29)16-8-10-25-22(12-16)28-23-13-20(18(24)14-26-23)27-19-6-4-5-7-21(19)31(2,3)30/h4-8,10,12-14,17H,9,11,15H2,1-3H3,(H2,25,26,27,28). The molecule has 1 saturated heterocycles. The van der Waals surface area contributed by atoms with Gasteiger partial charge in [0.15, 0.2) is 0 Å². The van der Waals surface area contributed by atoms with E-state index in [9.17, 15) is 4.57 Å². The van der Waals surface area contributed by atoms with Crippen molar-refractivity contribution in [1.82, 2.24) is 14.9 Å². The highest BCUT2D eigenvalue weighted by Crippen LogP contribution is 2.39. The second-order valence-corrected chi connectivity index (χ2v) is 12.0. The van der Waals surface area contributed by atoms with Crippen molar-refractivity contribution < 1.29 is 4.57 Å². The molecule has 1 fully saturated rings. The van der Waals surface area contributed by atoms with Crippen LogP contribution in [0.4, 0.5) is 23.0 Å². The van der Waals surface area contributed by atoms with Crippen LogP contribution in [-0.4, -0.2) is 48.3 Å². The number of halogens is 1. The van der Waals surface area contributed by atoms with E-state index in [0.717, 1.165) is 36.3 Å². The van der Waals surface area contributed by atoms with E-state index in [1.807, 2.05) is 36.5 Å². The molecule has 2 aromatic heterocycles. The third-order valence-corrected chi connectivity index (χ3v) is 7.36. The van der Waals surface area contributed by atoms with Gasteiger partial charge >= 0.3 is 0 Å². The first-order chi connectivity index (χ1) is 14.8. The zero-order chi connectivity index (χ0) is 22.0. The quantitative estimate of drug-likeness (QED) is 0.492. The molecule has 1 aromatic carbocycles. The highest BCUT2D eigenvalue weighted by Gasteiger charge is 2.21. The van der Waals surface area contributed by atoms with Gasteiger partial charge in [0, 0.05) is 29.8 Å². The molecule has 6 nitrogen and oxygen atoms in total. The Morgan fingerprint density at radius 2 is 1.84 bits per heavy atom. The molecule has 0 radical (unpaired) electrons. The molecule has 0 aliphatic carbocycles.